The van der Waals surface area contributed by atoms with Crippen molar-refractivity contribution in [2.45, 2.75) is 64.0 Å². The van der Waals surface area contributed by atoms with Crippen LogP contribution in [-0.4, -0.2) is 50.5 Å². The average molecular weight is 417 g/mol. The molecule has 1 atom stereocenters. The van der Waals surface area contributed by atoms with Gasteiger partial charge in [0.2, 0.25) is 0 Å². The molecule has 5 nitrogen and oxygen atoms in total. The standard InChI is InChI=1S/C22H29FN4OS/c1-16(2)20-19(24-25-29-20)21(28)26-12-3-9-22(11-14-26)10-4-13-27(22)15-17-5-7-18(23)8-6-17/h5-8,16H,3-4,9-15H2,1-2H3. The third-order valence-electron chi connectivity index (χ3n) is 6.47. The number of likely N-dealkylation sites (tertiary alicyclic amines) is 2. The zero-order valence-electron chi connectivity index (χ0n) is 17.2. The second-order valence-electron chi connectivity index (χ2n) is 8.66. The minimum absolute atomic E-state index is 0.0302. The van der Waals surface area contributed by atoms with Crippen LogP contribution in [0.2, 0.25) is 0 Å². The van der Waals surface area contributed by atoms with E-state index in [-0.39, 0.29) is 23.2 Å². The lowest BCUT2D eigenvalue weighted by Gasteiger charge is -2.38. The number of rotatable bonds is 4. The summed E-state index contributed by atoms with van der Waals surface area (Å²) in [6, 6.07) is 6.85. The molecular formula is C22H29FN4OS. The number of aromatic nitrogens is 2. The van der Waals surface area contributed by atoms with Gasteiger partial charge in [0.15, 0.2) is 5.69 Å². The Morgan fingerprint density at radius 3 is 2.59 bits per heavy atom. The van der Waals surface area contributed by atoms with E-state index < -0.39 is 0 Å². The minimum atomic E-state index is -0.189. The largest absolute Gasteiger partial charge is 0.337 e. The Labute approximate surface area is 176 Å². The zero-order chi connectivity index (χ0) is 20.4. The SMILES string of the molecule is CC(C)c1snnc1C(=O)N1CCCC2(CCCN2Cc2ccc(F)cc2)CC1. The molecule has 1 aromatic heterocycles. The first kappa shape index (κ1) is 20.4. The van der Waals surface area contributed by atoms with E-state index in [4.69, 9.17) is 0 Å². The molecule has 156 valence electrons. The summed E-state index contributed by atoms with van der Waals surface area (Å²) in [5.41, 5.74) is 1.83. The van der Waals surface area contributed by atoms with Crippen LogP contribution in [0.5, 0.6) is 0 Å². The monoisotopic (exact) mass is 416 g/mol. The Morgan fingerprint density at radius 1 is 1.14 bits per heavy atom. The van der Waals surface area contributed by atoms with Gasteiger partial charge in [-0.3, -0.25) is 9.69 Å². The van der Waals surface area contributed by atoms with E-state index in [0.717, 1.165) is 55.9 Å². The quantitative estimate of drug-likeness (QED) is 0.738. The van der Waals surface area contributed by atoms with Crippen LogP contribution in [0.3, 0.4) is 0 Å². The van der Waals surface area contributed by atoms with E-state index in [1.165, 1.54) is 24.4 Å². The fraction of sp³-hybridized carbons (Fsp3) is 0.591. The van der Waals surface area contributed by atoms with Gasteiger partial charge >= 0.3 is 0 Å². The molecule has 7 heteroatoms. The van der Waals surface area contributed by atoms with Crippen molar-refractivity contribution >= 4 is 17.4 Å². The molecule has 0 saturated carbocycles. The molecule has 0 aliphatic carbocycles. The third kappa shape index (κ3) is 4.21. The van der Waals surface area contributed by atoms with E-state index in [2.05, 4.69) is 28.3 Å². The second-order valence-corrected chi connectivity index (χ2v) is 9.45. The summed E-state index contributed by atoms with van der Waals surface area (Å²) in [7, 11) is 0. The van der Waals surface area contributed by atoms with E-state index in [1.54, 1.807) is 12.1 Å². The normalized spacial score (nSPS) is 23.1. The average Bonchev–Trinajstić information content (AvgIpc) is 3.28. The van der Waals surface area contributed by atoms with Crippen molar-refractivity contribution in [1.82, 2.24) is 19.4 Å². The van der Waals surface area contributed by atoms with Crippen LogP contribution in [0.1, 0.15) is 72.8 Å². The van der Waals surface area contributed by atoms with Gasteiger partial charge in [-0.25, -0.2) is 4.39 Å². The van der Waals surface area contributed by atoms with Gasteiger partial charge < -0.3 is 4.90 Å². The maximum absolute atomic E-state index is 13.3. The van der Waals surface area contributed by atoms with Crippen LogP contribution in [0, 0.1) is 5.82 Å². The number of nitrogens with zero attached hydrogens (tertiary/aromatic N) is 4. The Morgan fingerprint density at radius 2 is 1.86 bits per heavy atom. The molecular weight excluding hydrogens is 387 g/mol. The van der Waals surface area contributed by atoms with Crippen LogP contribution in [-0.2, 0) is 6.54 Å². The Balaban J connectivity index is 1.46. The van der Waals surface area contributed by atoms with Crippen LogP contribution in [0.15, 0.2) is 24.3 Å². The summed E-state index contributed by atoms with van der Waals surface area (Å²) in [5, 5.41) is 4.15. The minimum Gasteiger partial charge on any atom is -0.337 e. The van der Waals surface area contributed by atoms with Gasteiger partial charge in [0.05, 0.1) is 4.88 Å². The molecule has 1 spiro atoms. The lowest BCUT2D eigenvalue weighted by molar-refractivity contribution is 0.0731. The van der Waals surface area contributed by atoms with Gasteiger partial charge in [-0.1, -0.05) is 30.5 Å². The molecule has 1 amide bonds. The fourth-order valence-electron chi connectivity index (χ4n) is 4.87. The highest BCUT2D eigenvalue weighted by molar-refractivity contribution is 7.05. The summed E-state index contributed by atoms with van der Waals surface area (Å²) in [4.78, 5) is 18.7. The molecule has 1 aromatic carbocycles. The van der Waals surface area contributed by atoms with Gasteiger partial charge in [0.1, 0.15) is 5.82 Å². The molecule has 2 saturated heterocycles. The van der Waals surface area contributed by atoms with E-state index in [1.807, 2.05) is 17.0 Å². The van der Waals surface area contributed by atoms with Crippen molar-refractivity contribution in [1.29, 1.82) is 0 Å². The second kappa shape index (κ2) is 8.48. The van der Waals surface area contributed by atoms with Gasteiger partial charge in [0.25, 0.3) is 5.91 Å². The van der Waals surface area contributed by atoms with Gasteiger partial charge in [-0.15, -0.1) is 5.10 Å². The topological polar surface area (TPSA) is 49.3 Å². The summed E-state index contributed by atoms with van der Waals surface area (Å²) >= 11 is 1.33. The Kier molecular flexibility index (Phi) is 5.97. The highest BCUT2D eigenvalue weighted by atomic mass is 32.1. The van der Waals surface area contributed by atoms with Gasteiger partial charge in [-0.05, 0) is 73.8 Å². The van der Waals surface area contributed by atoms with Gasteiger partial charge in [-0.2, -0.15) is 0 Å². The number of hydrogen-bond acceptors (Lipinski definition) is 5. The number of amides is 1. The predicted molar refractivity (Wildman–Crippen MR) is 113 cm³/mol. The van der Waals surface area contributed by atoms with Crippen LogP contribution < -0.4 is 0 Å². The zero-order valence-corrected chi connectivity index (χ0v) is 18.1. The van der Waals surface area contributed by atoms with Crippen molar-refractivity contribution in [3.8, 4) is 0 Å². The summed E-state index contributed by atoms with van der Waals surface area (Å²) in [6.07, 6.45) is 5.44. The molecule has 3 heterocycles. The van der Waals surface area contributed by atoms with Crippen molar-refractivity contribution in [2.24, 2.45) is 0 Å². The Hall–Kier alpha value is -1.86. The Bertz CT molecular complexity index is 853. The van der Waals surface area contributed by atoms with Gasteiger partial charge in [0, 0.05) is 25.2 Å². The molecule has 29 heavy (non-hydrogen) atoms. The number of halogens is 1. The smallest absolute Gasteiger partial charge is 0.275 e. The number of benzene rings is 1. The summed E-state index contributed by atoms with van der Waals surface area (Å²) in [6.45, 7) is 7.61. The number of hydrogen-bond donors (Lipinski definition) is 0. The molecule has 2 aromatic rings. The van der Waals surface area contributed by atoms with E-state index in [0.29, 0.717) is 5.69 Å². The van der Waals surface area contributed by atoms with E-state index in [9.17, 15) is 9.18 Å². The third-order valence-corrected chi connectivity index (χ3v) is 7.50. The summed E-state index contributed by atoms with van der Waals surface area (Å²) in [5.74, 6) is 0.0988. The maximum Gasteiger partial charge on any atom is 0.275 e. The molecule has 0 N–H and O–H groups in total. The lowest BCUT2D eigenvalue weighted by Crippen LogP contribution is -2.44. The van der Waals surface area contributed by atoms with E-state index >= 15 is 0 Å². The highest BCUT2D eigenvalue weighted by Gasteiger charge is 2.42. The van der Waals surface area contributed by atoms with Crippen molar-refractivity contribution in [2.75, 3.05) is 19.6 Å². The molecule has 0 radical (unpaired) electrons. The van der Waals surface area contributed by atoms with Crippen LogP contribution in [0.25, 0.3) is 0 Å². The van der Waals surface area contributed by atoms with Crippen LogP contribution >= 0.6 is 11.5 Å². The lowest BCUT2D eigenvalue weighted by atomic mass is 9.87. The maximum atomic E-state index is 13.3. The van der Waals surface area contributed by atoms with Crippen molar-refractivity contribution in [3.63, 3.8) is 0 Å². The van der Waals surface area contributed by atoms with Crippen molar-refractivity contribution in [3.05, 3.63) is 46.2 Å². The predicted octanol–water partition coefficient (Wildman–Crippen LogP) is 4.46. The first-order chi connectivity index (χ1) is 14.0. The molecule has 4 rings (SSSR count). The fourth-order valence-corrected chi connectivity index (χ4v) is 5.51. The molecule has 2 aliphatic heterocycles. The van der Waals surface area contributed by atoms with Crippen molar-refractivity contribution < 1.29 is 9.18 Å². The first-order valence-corrected chi connectivity index (χ1v) is 11.4. The number of carbonyl (C=O) groups is 1. The number of carbonyl (C=O) groups excluding carboxylic acids is 1. The summed E-state index contributed by atoms with van der Waals surface area (Å²) < 4.78 is 17.3. The van der Waals surface area contributed by atoms with Crippen LogP contribution in [0.4, 0.5) is 4.39 Å². The molecule has 2 aliphatic rings. The molecule has 1 unspecified atom stereocenters. The molecule has 2 fully saturated rings. The first-order valence-electron chi connectivity index (χ1n) is 10.6. The molecule has 0 bridgehead atoms. The highest BCUT2D eigenvalue weighted by Crippen LogP contribution is 2.39.